The molecule has 0 aromatic carbocycles. The minimum Gasteiger partial charge on any atom is -0.381 e. The fraction of sp³-hybridized carbons (Fsp3) is 1.00. The van der Waals surface area contributed by atoms with Crippen LogP contribution in [0.25, 0.3) is 0 Å². The lowest BCUT2D eigenvalue weighted by molar-refractivity contribution is 0.0959. The molecule has 0 aliphatic carbocycles. The Kier molecular flexibility index (Phi) is 8.27. The molecule has 92 valence electrons. The van der Waals surface area contributed by atoms with Crippen molar-refractivity contribution in [3.63, 3.8) is 0 Å². The molecule has 0 bridgehead atoms. The molecule has 0 fully saturated rings. The van der Waals surface area contributed by atoms with Crippen LogP contribution in [0.3, 0.4) is 0 Å². The van der Waals surface area contributed by atoms with Crippen molar-refractivity contribution in [2.24, 2.45) is 5.92 Å². The van der Waals surface area contributed by atoms with Gasteiger partial charge in [0.05, 0.1) is 0 Å². The highest BCUT2D eigenvalue weighted by atomic mass is 28.4. The first-order valence-corrected chi connectivity index (χ1v) is 7.26. The van der Waals surface area contributed by atoms with Gasteiger partial charge in [-0.15, -0.1) is 0 Å². The van der Waals surface area contributed by atoms with Crippen molar-refractivity contribution >= 4 is 8.80 Å². The molecular formula is C10H24O4Si. The van der Waals surface area contributed by atoms with Gasteiger partial charge < -0.3 is 18.0 Å². The van der Waals surface area contributed by atoms with Crippen LogP contribution >= 0.6 is 0 Å². The van der Waals surface area contributed by atoms with Gasteiger partial charge in [0.15, 0.2) is 0 Å². The smallest absolute Gasteiger partial charge is 0.381 e. The molecule has 0 saturated heterocycles. The van der Waals surface area contributed by atoms with Gasteiger partial charge in [-0.3, -0.25) is 0 Å². The first kappa shape index (κ1) is 15.1. The van der Waals surface area contributed by atoms with E-state index in [9.17, 15) is 0 Å². The first-order chi connectivity index (χ1) is 7.10. The van der Waals surface area contributed by atoms with Crippen LogP contribution in [0.2, 0.25) is 6.04 Å². The molecule has 0 aliphatic rings. The molecule has 0 heterocycles. The summed E-state index contributed by atoms with van der Waals surface area (Å²) in [6, 6.07) is 0.800. The highest BCUT2D eigenvalue weighted by Crippen LogP contribution is 2.14. The summed E-state index contributed by atoms with van der Waals surface area (Å²) in [6.07, 6.45) is 0.911. The predicted molar refractivity (Wildman–Crippen MR) is 61.9 cm³/mol. The van der Waals surface area contributed by atoms with Crippen LogP contribution in [-0.4, -0.2) is 43.3 Å². The summed E-state index contributed by atoms with van der Waals surface area (Å²) in [5, 5.41) is 0. The van der Waals surface area contributed by atoms with Crippen LogP contribution in [0.4, 0.5) is 0 Å². The van der Waals surface area contributed by atoms with Crippen molar-refractivity contribution in [3.8, 4) is 0 Å². The van der Waals surface area contributed by atoms with Crippen LogP contribution in [-0.2, 0) is 18.0 Å². The van der Waals surface area contributed by atoms with E-state index in [0.29, 0.717) is 5.92 Å². The maximum atomic E-state index is 5.48. The largest absolute Gasteiger partial charge is 0.500 e. The molecule has 5 heteroatoms. The van der Waals surface area contributed by atoms with E-state index in [-0.39, 0.29) is 0 Å². The van der Waals surface area contributed by atoms with Crippen LogP contribution < -0.4 is 0 Å². The standard InChI is InChI=1S/C10H24O4Si/c1-10(2)9-14-7-6-8-15(11-3,12-4)13-5/h10H,6-9H2,1-5H3. The first-order valence-electron chi connectivity index (χ1n) is 5.33. The average Bonchev–Trinajstić information content (AvgIpc) is 2.24. The molecule has 0 aliphatic heterocycles. The molecule has 0 atom stereocenters. The number of hydrogen-bond acceptors (Lipinski definition) is 4. The van der Waals surface area contributed by atoms with Crippen molar-refractivity contribution in [1.82, 2.24) is 0 Å². The van der Waals surface area contributed by atoms with E-state index in [2.05, 4.69) is 13.8 Å². The molecule has 0 saturated carbocycles. The molecule has 15 heavy (non-hydrogen) atoms. The molecule has 0 unspecified atom stereocenters. The maximum Gasteiger partial charge on any atom is 0.500 e. The van der Waals surface area contributed by atoms with Gasteiger partial charge in [-0.05, 0) is 12.3 Å². The Morgan fingerprint density at radius 2 is 1.53 bits per heavy atom. The number of rotatable bonds is 9. The number of ether oxygens (including phenoxy) is 1. The van der Waals surface area contributed by atoms with E-state index in [4.69, 9.17) is 18.0 Å². The molecule has 0 aromatic rings. The van der Waals surface area contributed by atoms with Crippen molar-refractivity contribution in [1.29, 1.82) is 0 Å². The normalized spacial score (nSPS) is 12.4. The quantitative estimate of drug-likeness (QED) is 0.453. The maximum absolute atomic E-state index is 5.48. The molecular weight excluding hydrogens is 212 g/mol. The van der Waals surface area contributed by atoms with E-state index in [0.717, 1.165) is 25.7 Å². The Labute approximate surface area is 94.2 Å². The highest BCUT2D eigenvalue weighted by Gasteiger charge is 2.36. The zero-order chi connectivity index (χ0) is 11.7. The van der Waals surface area contributed by atoms with Crippen LogP contribution in [0, 0.1) is 5.92 Å². The van der Waals surface area contributed by atoms with Crippen LogP contribution in [0.5, 0.6) is 0 Å². The fourth-order valence-electron chi connectivity index (χ4n) is 1.27. The third-order valence-corrected chi connectivity index (χ3v) is 4.99. The Morgan fingerprint density at radius 1 is 1.00 bits per heavy atom. The van der Waals surface area contributed by atoms with Gasteiger partial charge in [-0.25, -0.2) is 0 Å². The molecule has 0 amide bonds. The van der Waals surface area contributed by atoms with E-state index >= 15 is 0 Å². The summed E-state index contributed by atoms with van der Waals surface area (Å²) in [4.78, 5) is 0. The lowest BCUT2D eigenvalue weighted by atomic mass is 10.2. The summed E-state index contributed by atoms with van der Waals surface area (Å²) in [6.45, 7) is 5.82. The second-order valence-electron chi connectivity index (χ2n) is 3.87. The summed E-state index contributed by atoms with van der Waals surface area (Å²) in [5.74, 6) is 0.583. The SMILES string of the molecule is CO[Si](CCCOCC(C)C)(OC)OC. The van der Waals surface area contributed by atoms with Gasteiger partial charge in [-0.2, -0.15) is 0 Å². The predicted octanol–water partition coefficient (Wildman–Crippen LogP) is 1.93. The molecule has 4 nitrogen and oxygen atoms in total. The Bertz CT molecular complexity index is 140. The molecule has 0 radical (unpaired) electrons. The van der Waals surface area contributed by atoms with Gasteiger partial charge in [0.25, 0.3) is 0 Å². The summed E-state index contributed by atoms with van der Waals surface area (Å²) >= 11 is 0. The minimum absolute atomic E-state index is 0.583. The fourth-order valence-corrected chi connectivity index (χ4v) is 2.96. The van der Waals surface area contributed by atoms with E-state index in [1.807, 2.05) is 0 Å². The third kappa shape index (κ3) is 6.27. The van der Waals surface area contributed by atoms with Crippen molar-refractivity contribution in [2.75, 3.05) is 34.5 Å². The minimum atomic E-state index is -2.37. The van der Waals surface area contributed by atoms with Gasteiger partial charge >= 0.3 is 8.80 Å². The molecule has 0 spiro atoms. The topological polar surface area (TPSA) is 36.9 Å². The Hall–Kier alpha value is 0.0569. The van der Waals surface area contributed by atoms with E-state index in [1.54, 1.807) is 21.3 Å². The van der Waals surface area contributed by atoms with Gasteiger partial charge in [0.2, 0.25) is 0 Å². The van der Waals surface area contributed by atoms with Gasteiger partial charge in [0.1, 0.15) is 0 Å². The summed E-state index contributed by atoms with van der Waals surface area (Å²) in [7, 11) is 2.52. The van der Waals surface area contributed by atoms with E-state index < -0.39 is 8.80 Å². The number of hydrogen-bond donors (Lipinski definition) is 0. The Morgan fingerprint density at radius 3 is 1.93 bits per heavy atom. The highest BCUT2D eigenvalue weighted by molar-refractivity contribution is 6.60. The van der Waals surface area contributed by atoms with Crippen molar-refractivity contribution < 1.29 is 18.0 Å². The Balaban J connectivity index is 3.63. The third-order valence-electron chi connectivity index (χ3n) is 2.16. The zero-order valence-electron chi connectivity index (χ0n) is 10.5. The second kappa shape index (κ2) is 8.24. The summed E-state index contributed by atoms with van der Waals surface area (Å²) < 4.78 is 21.4. The monoisotopic (exact) mass is 236 g/mol. The van der Waals surface area contributed by atoms with Gasteiger partial charge in [-0.1, -0.05) is 13.8 Å². The average molecular weight is 236 g/mol. The molecule has 0 rings (SSSR count). The van der Waals surface area contributed by atoms with Gasteiger partial charge in [0, 0.05) is 40.6 Å². The zero-order valence-corrected chi connectivity index (χ0v) is 11.5. The van der Waals surface area contributed by atoms with Crippen molar-refractivity contribution in [3.05, 3.63) is 0 Å². The molecule has 0 N–H and O–H groups in total. The lowest BCUT2D eigenvalue weighted by Gasteiger charge is -2.24. The van der Waals surface area contributed by atoms with E-state index in [1.165, 1.54) is 0 Å². The molecule has 0 aromatic heterocycles. The lowest BCUT2D eigenvalue weighted by Crippen LogP contribution is -2.42. The second-order valence-corrected chi connectivity index (χ2v) is 6.96. The van der Waals surface area contributed by atoms with Crippen LogP contribution in [0.15, 0.2) is 0 Å². The van der Waals surface area contributed by atoms with Crippen molar-refractivity contribution in [2.45, 2.75) is 26.3 Å². The van der Waals surface area contributed by atoms with Crippen LogP contribution in [0.1, 0.15) is 20.3 Å². The summed E-state index contributed by atoms with van der Waals surface area (Å²) in [5.41, 5.74) is 0.